The van der Waals surface area contributed by atoms with Gasteiger partial charge in [-0.15, -0.1) is 0 Å². The molecular formula is C21H20ClN3O3S. The number of piperazine rings is 1. The lowest BCUT2D eigenvalue weighted by atomic mass is 10.1. The van der Waals surface area contributed by atoms with Crippen LogP contribution >= 0.6 is 11.6 Å². The van der Waals surface area contributed by atoms with E-state index in [2.05, 4.69) is 5.32 Å². The molecule has 0 aromatic heterocycles. The predicted octanol–water partition coefficient (Wildman–Crippen LogP) is 4.03. The number of benzene rings is 3. The van der Waals surface area contributed by atoms with Gasteiger partial charge in [-0.3, -0.25) is 0 Å². The number of sulfonamides is 1. The Morgan fingerprint density at radius 1 is 0.862 bits per heavy atom. The summed E-state index contributed by atoms with van der Waals surface area (Å²) in [7, 11) is -3.61. The molecule has 6 nitrogen and oxygen atoms in total. The van der Waals surface area contributed by atoms with Crippen molar-refractivity contribution in [1.29, 1.82) is 0 Å². The Morgan fingerprint density at radius 2 is 1.52 bits per heavy atom. The maximum Gasteiger partial charge on any atom is 0.321 e. The molecule has 0 unspecified atom stereocenters. The molecule has 29 heavy (non-hydrogen) atoms. The number of amides is 2. The van der Waals surface area contributed by atoms with Crippen LogP contribution in [0.4, 0.5) is 10.5 Å². The van der Waals surface area contributed by atoms with E-state index in [0.717, 1.165) is 10.8 Å². The quantitative estimate of drug-likeness (QED) is 0.683. The van der Waals surface area contributed by atoms with Crippen molar-refractivity contribution in [1.82, 2.24) is 9.21 Å². The van der Waals surface area contributed by atoms with Gasteiger partial charge in [-0.25, -0.2) is 13.2 Å². The second-order valence-corrected chi connectivity index (χ2v) is 9.16. The van der Waals surface area contributed by atoms with Crippen LogP contribution in [0.5, 0.6) is 0 Å². The number of carbonyl (C=O) groups is 1. The summed E-state index contributed by atoms with van der Waals surface area (Å²) in [5.74, 6) is 0. The number of urea groups is 1. The van der Waals surface area contributed by atoms with Crippen molar-refractivity contribution in [3.05, 3.63) is 71.8 Å². The molecule has 3 aromatic carbocycles. The number of hydrogen-bond donors (Lipinski definition) is 1. The molecule has 0 saturated carbocycles. The number of fused-ring (bicyclic) bond motifs is 1. The maximum atomic E-state index is 13.0. The topological polar surface area (TPSA) is 69.7 Å². The first-order chi connectivity index (χ1) is 13.9. The first-order valence-corrected chi connectivity index (χ1v) is 11.1. The van der Waals surface area contributed by atoms with Gasteiger partial charge < -0.3 is 10.2 Å². The normalized spacial score (nSPS) is 15.4. The lowest BCUT2D eigenvalue weighted by molar-refractivity contribution is 0.184. The van der Waals surface area contributed by atoms with E-state index in [9.17, 15) is 13.2 Å². The van der Waals surface area contributed by atoms with Gasteiger partial charge in [0.05, 0.1) is 15.6 Å². The van der Waals surface area contributed by atoms with Crippen molar-refractivity contribution < 1.29 is 13.2 Å². The molecule has 1 N–H and O–H groups in total. The highest BCUT2D eigenvalue weighted by atomic mass is 35.5. The Hall–Kier alpha value is -2.61. The molecule has 0 aliphatic carbocycles. The van der Waals surface area contributed by atoms with Gasteiger partial charge in [0.2, 0.25) is 10.0 Å². The highest BCUT2D eigenvalue weighted by molar-refractivity contribution is 7.89. The monoisotopic (exact) mass is 429 g/mol. The van der Waals surface area contributed by atoms with E-state index in [1.807, 2.05) is 30.3 Å². The number of nitrogens with one attached hydrogen (secondary N) is 1. The standard InChI is InChI=1S/C21H20ClN3O3S/c22-19-7-3-4-8-20(19)23-21(26)24-11-13-25(14-12-24)29(27,28)18-10-9-16-5-1-2-6-17(16)15-18/h1-10,15H,11-14H2,(H,23,26). The molecule has 0 spiro atoms. The molecule has 1 saturated heterocycles. The van der Waals surface area contributed by atoms with Crippen molar-refractivity contribution in [2.45, 2.75) is 4.90 Å². The van der Waals surface area contributed by atoms with E-state index < -0.39 is 10.0 Å². The third-order valence-corrected chi connectivity index (χ3v) is 7.22. The van der Waals surface area contributed by atoms with Crippen LogP contribution in [-0.4, -0.2) is 49.8 Å². The average molecular weight is 430 g/mol. The molecule has 1 heterocycles. The lowest BCUT2D eigenvalue weighted by Gasteiger charge is -2.34. The molecule has 1 aliphatic rings. The number of nitrogens with zero attached hydrogens (tertiary/aromatic N) is 2. The van der Waals surface area contributed by atoms with E-state index in [4.69, 9.17) is 11.6 Å². The molecular weight excluding hydrogens is 410 g/mol. The van der Waals surface area contributed by atoms with Gasteiger partial charge in [0.25, 0.3) is 0 Å². The minimum absolute atomic E-state index is 0.241. The van der Waals surface area contributed by atoms with Gasteiger partial charge in [0, 0.05) is 26.2 Å². The van der Waals surface area contributed by atoms with Gasteiger partial charge in [0.15, 0.2) is 0 Å². The van der Waals surface area contributed by atoms with Crippen LogP contribution in [0.15, 0.2) is 71.6 Å². The summed E-state index contributed by atoms with van der Waals surface area (Å²) in [6.45, 7) is 1.10. The van der Waals surface area contributed by atoms with Crippen LogP contribution in [0.3, 0.4) is 0 Å². The number of hydrogen-bond acceptors (Lipinski definition) is 3. The zero-order valence-corrected chi connectivity index (χ0v) is 17.2. The zero-order valence-electron chi connectivity index (χ0n) is 15.6. The summed E-state index contributed by atoms with van der Waals surface area (Å²) in [4.78, 5) is 14.3. The van der Waals surface area contributed by atoms with Crippen LogP contribution in [0.1, 0.15) is 0 Å². The minimum atomic E-state index is -3.61. The van der Waals surface area contributed by atoms with E-state index in [1.54, 1.807) is 41.3 Å². The third-order valence-electron chi connectivity index (χ3n) is 5.00. The van der Waals surface area contributed by atoms with Gasteiger partial charge in [-0.05, 0) is 35.0 Å². The fraction of sp³-hybridized carbons (Fsp3) is 0.190. The summed E-state index contributed by atoms with van der Waals surface area (Å²) >= 11 is 6.08. The fourth-order valence-corrected chi connectivity index (χ4v) is 5.01. The number of carbonyl (C=O) groups excluding carboxylic acids is 1. The summed E-state index contributed by atoms with van der Waals surface area (Å²) in [6, 6.07) is 19.5. The Morgan fingerprint density at radius 3 is 2.24 bits per heavy atom. The van der Waals surface area contributed by atoms with Crippen molar-refractivity contribution in [3.63, 3.8) is 0 Å². The van der Waals surface area contributed by atoms with Crippen molar-refractivity contribution >= 4 is 44.1 Å². The lowest BCUT2D eigenvalue weighted by Crippen LogP contribution is -2.51. The van der Waals surface area contributed by atoms with E-state index in [1.165, 1.54) is 4.31 Å². The second-order valence-electron chi connectivity index (χ2n) is 6.81. The van der Waals surface area contributed by atoms with Crippen LogP contribution in [0.2, 0.25) is 5.02 Å². The van der Waals surface area contributed by atoms with Crippen LogP contribution in [0.25, 0.3) is 10.8 Å². The molecule has 0 bridgehead atoms. The zero-order chi connectivity index (χ0) is 20.4. The third kappa shape index (κ3) is 4.07. The van der Waals surface area contributed by atoms with Gasteiger partial charge >= 0.3 is 6.03 Å². The number of anilines is 1. The molecule has 0 atom stereocenters. The van der Waals surface area contributed by atoms with Crippen molar-refractivity contribution in [3.8, 4) is 0 Å². The predicted molar refractivity (Wildman–Crippen MR) is 115 cm³/mol. The minimum Gasteiger partial charge on any atom is -0.322 e. The largest absolute Gasteiger partial charge is 0.322 e. The molecule has 8 heteroatoms. The number of rotatable bonds is 3. The van der Waals surface area contributed by atoms with Crippen molar-refractivity contribution in [2.24, 2.45) is 0 Å². The molecule has 2 amide bonds. The fourth-order valence-electron chi connectivity index (χ4n) is 3.37. The smallest absolute Gasteiger partial charge is 0.321 e. The summed E-state index contributed by atoms with van der Waals surface area (Å²) < 4.78 is 27.5. The number of para-hydroxylation sites is 1. The molecule has 4 rings (SSSR count). The Bertz CT molecular complexity index is 1160. The molecule has 1 fully saturated rings. The first-order valence-electron chi connectivity index (χ1n) is 9.24. The Balaban J connectivity index is 1.44. The van der Waals surface area contributed by atoms with E-state index in [-0.39, 0.29) is 24.0 Å². The molecule has 1 aliphatic heterocycles. The molecule has 0 radical (unpaired) electrons. The second kappa shape index (κ2) is 8.02. The van der Waals surface area contributed by atoms with E-state index in [0.29, 0.717) is 23.8 Å². The van der Waals surface area contributed by atoms with Crippen LogP contribution in [-0.2, 0) is 10.0 Å². The van der Waals surface area contributed by atoms with Crippen LogP contribution < -0.4 is 5.32 Å². The molecule has 150 valence electrons. The number of halogens is 1. The van der Waals surface area contributed by atoms with E-state index >= 15 is 0 Å². The summed E-state index contributed by atoms with van der Waals surface area (Å²) in [6.07, 6.45) is 0. The van der Waals surface area contributed by atoms with Gasteiger partial charge in [-0.1, -0.05) is 54.1 Å². The summed E-state index contributed by atoms with van der Waals surface area (Å²) in [5, 5.41) is 5.10. The Kier molecular flexibility index (Phi) is 5.45. The molecule has 3 aromatic rings. The average Bonchev–Trinajstić information content (AvgIpc) is 2.75. The summed E-state index contributed by atoms with van der Waals surface area (Å²) in [5.41, 5.74) is 0.533. The Labute approximate surface area is 174 Å². The SMILES string of the molecule is O=C(Nc1ccccc1Cl)N1CCN(S(=O)(=O)c2ccc3ccccc3c2)CC1. The maximum absolute atomic E-state index is 13.0. The van der Waals surface area contributed by atoms with Crippen molar-refractivity contribution in [2.75, 3.05) is 31.5 Å². The highest BCUT2D eigenvalue weighted by Gasteiger charge is 2.30. The van der Waals surface area contributed by atoms with Crippen LogP contribution in [0, 0.1) is 0 Å². The van der Waals surface area contributed by atoms with Gasteiger partial charge in [-0.2, -0.15) is 4.31 Å². The highest BCUT2D eigenvalue weighted by Crippen LogP contribution is 2.24. The first kappa shape index (κ1) is 19.7. The van der Waals surface area contributed by atoms with Gasteiger partial charge in [0.1, 0.15) is 0 Å².